The first-order valence-corrected chi connectivity index (χ1v) is 8.89. The molecule has 1 aliphatic heterocycles. The molecule has 1 fully saturated rings. The van der Waals surface area contributed by atoms with Crippen LogP contribution in [0.5, 0.6) is 0 Å². The summed E-state index contributed by atoms with van der Waals surface area (Å²) in [4.78, 5) is 25.8. The highest BCUT2D eigenvalue weighted by atomic mass is 32.2. The minimum atomic E-state index is -0.474. The second kappa shape index (κ2) is 7.92. The lowest BCUT2D eigenvalue weighted by Gasteiger charge is -2.33. The highest BCUT2D eigenvalue weighted by Gasteiger charge is 2.30. The first-order chi connectivity index (χ1) is 9.73. The molecule has 0 spiro atoms. The molecule has 0 aliphatic carbocycles. The van der Waals surface area contributed by atoms with E-state index in [1.165, 1.54) is 0 Å². The van der Waals surface area contributed by atoms with Gasteiger partial charge >= 0.3 is 6.09 Å². The summed E-state index contributed by atoms with van der Waals surface area (Å²) in [5.74, 6) is 1.04. The molecular weight excluding hydrogens is 288 g/mol. The zero-order chi connectivity index (χ0) is 16.0. The lowest BCUT2D eigenvalue weighted by molar-refractivity contribution is -0.126. The number of thioether (sulfide) groups is 1. The van der Waals surface area contributed by atoms with Crippen LogP contribution < -0.4 is 5.32 Å². The molecule has 1 atom stereocenters. The Balaban J connectivity index is 2.38. The third kappa shape index (κ3) is 6.59. The minimum Gasteiger partial charge on any atom is -0.444 e. The maximum atomic E-state index is 12.1. The fraction of sp³-hybridized carbons (Fsp3) is 0.867. The first kappa shape index (κ1) is 18.1. The molecule has 122 valence electrons. The quantitative estimate of drug-likeness (QED) is 0.866. The van der Waals surface area contributed by atoms with E-state index in [0.29, 0.717) is 25.9 Å². The predicted molar refractivity (Wildman–Crippen MR) is 86.5 cm³/mol. The van der Waals surface area contributed by atoms with Crippen LogP contribution in [0.15, 0.2) is 0 Å². The molecular formula is C15H28N2O3S. The topological polar surface area (TPSA) is 58.6 Å². The summed E-state index contributed by atoms with van der Waals surface area (Å²) in [7, 11) is 0. The van der Waals surface area contributed by atoms with Crippen LogP contribution in [-0.2, 0) is 9.53 Å². The molecule has 6 heteroatoms. The van der Waals surface area contributed by atoms with Gasteiger partial charge in [0.15, 0.2) is 0 Å². The normalized spacial score (nSPS) is 18.2. The van der Waals surface area contributed by atoms with Gasteiger partial charge in [0.1, 0.15) is 5.60 Å². The molecule has 1 heterocycles. The van der Waals surface area contributed by atoms with E-state index in [0.717, 1.165) is 5.75 Å². The van der Waals surface area contributed by atoms with Gasteiger partial charge in [-0.3, -0.25) is 4.79 Å². The van der Waals surface area contributed by atoms with E-state index in [4.69, 9.17) is 4.74 Å². The van der Waals surface area contributed by atoms with Crippen molar-refractivity contribution >= 4 is 23.8 Å². The number of hydrogen-bond acceptors (Lipinski definition) is 4. The zero-order valence-corrected chi connectivity index (χ0v) is 14.6. The number of nitrogens with one attached hydrogen (secondary N) is 1. The molecule has 0 aromatic heterocycles. The predicted octanol–water partition coefficient (Wildman–Crippen LogP) is 2.50. The number of hydrogen-bond donors (Lipinski definition) is 1. The zero-order valence-electron chi connectivity index (χ0n) is 13.8. The maximum absolute atomic E-state index is 12.1. The highest BCUT2D eigenvalue weighted by Crippen LogP contribution is 2.20. The molecule has 0 saturated carbocycles. The van der Waals surface area contributed by atoms with Gasteiger partial charge in [-0.25, -0.2) is 4.79 Å². The Hall–Kier alpha value is -0.910. The molecule has 0 aromatic rings. The largest absolute Gasteiger partial charge is 0.444 e. The number of carbonyl (C=O) groups is 2. The molecule has 1 unspecified atom stereocenters. The van der Waals surface area contributed by atoms with Crippen molar-refractivity contribution in [3.63, 3.8) is 0 Å². The van der Waals surface area contributed by atoms with Crippen molar-refractivity contribution in [2.45, 2.75) is 52.2 Å². The van der Waals surface area contributed by atoms with E-state index in [1.54, 1.807) is 16.7 Å². The standard InChI is InChI=1S/C15H28N2O3S/c1-11(10-21-5)16-13(18)12-6-8-17(9-7-12)14(19)20-15(2,3)4/h11-12H,6-10H2,1-5H3,(H,16,18). The molecule has 5 nitrogen and oxygen atoms in total. The average Bonchev–Trinajstić information content (AvgIpc) is 2.37. The van der Waals surface area contributed by atoms with Gasteiger partial charge in [0.2, 0.25) is 5.91 Å². The lowest BCUT2D eigenvalue weighted by atomic mass is 9.96. The Kier molecular flexibility index (Phi) is 6.84. The van der Waals surface area contributed by atoms with Crippen LogP contribution in [0.4, 0.5) is 4.79 Å². The summed E-state index contributed by atoms with van der Waals surface area (Å²) in [6.45, 7) is 8.77. The van der Waals surface area contributed by atoms with Crippen LogP contribution in [-0.4, -0.2) is 53.6 Å². The number of amides is 2. The fourth-order valence-corrected chi connectivity index (χ4v) is 2.89. The van der Waals surface area contributed by atoms with Gasteiger partial charge in [-0.1, -0.05) is 0 Å². The third-order valence-electron chi connectivity index (χ3n) is 3.32. The summed E-state index contributed by atoms with van der Waals surface area (Å²) in [6.07, 6.45) is 3.16. The van der Waals surface area contributed by atoms with Crippen molar-refractivity contribution < 1.29 is 14.3 Å². The van der Waals surface area contributed by atoms with Crippen molar-refractivity contribution in [1.82, 2.24) is 10.2 Å². The molecule has 1 saturated heterocycles. The summed E-state index contributed by atoms with van der Waals surface area (Å²) in [5, 5.41) is 3.04. The Morgan fingerprint density at radius 1 is 1.33 bits per heavy atom. The molecule has 0 radical (unpaired) electrons. The van der Waals surface area contributed by atoms with E-state index < -0.39 is 5.60 Å². The van der Waals surface area contributed by atoms with Crippen LogP contribution in [0.3, 0.4) is 0 Å². The van der Waals surface area contributed by atoms with Crippen molar-refractivity contribution in [3.8, 4) is 0 Å². The summed E-state index contributed by atoms with van der Waals surface area (Å²) in [5.41, 5.74) is -0.474. The third-order valence-corrected chi connectivity index (χ3v) is 4.16. The van der Waals surface area contributed by atoms with Crippen molar-refractivity contribution in [3.05, 3.63) is 0 Å². The molecule has 0 aromatic carbocycles. The van der Waals surface area contributed by atoms with E-state index in [2.05, 4.69) is 5.32 Å². The van der Waals surface area contributed by atoms with Gasteiger partial charge in [-0.2, -0.15) is 11.8 Å². The molecule has 1 N–H and O–H groups in total. The average molecular weight is 316 g/mol. The highest BCUT2D eigenvalue weighted by molar-refractivity contribution is 7.98. The number of carbonyl (C=O) groups excluding carboxylic acids is 2. The van der Waals surface area contributed by atoms with Gasteiger partial charge in [-0.05, 0) is 46.8 Å². The summed E-state index contributed by atoms with van der Waals surface area (Å²) in [6, 6.07) is 0.191. The summed E-state index contributed by atoms with van der Waals surface area (Å²) >= 11 is 1.72. The molecule has 21 heavy (non-hydrogen) atoms. The van der Waals surface area contributed by atoms with Crippen molar-refractivity contribution in [1.29, 1.82) is 0 Å². The van der Waals surface area contributed by atoms with E-state index in [-0.39, 0.29) is 24.0 Å². The molecule has 1 aliphatic rings. The van der Waals surface area contributed by atoms with Gasteiger partial charge in [0.05, 0.1) is 0 Å². The van der Waals surface area contributed by atoms with E-state index >= 15 is 0 Å². The lowest BCUT2D eigenvalue weighted by Crippen LogP contribution is -2.46. The minimum absolute atomic E-state index is 0.00740. The van der Waals surface area contributed by atoms with E-state index in [9.17, 15) is 9.59 Å². The Bertz CT molecular complexity index is 360. The van der Waals surface area contributed by atoms with Crippen LogP contribution >= 0.6 is 11.8 Å². The SMILES string of the molecule is CSCC(C)NC(=O)C1CCN(C(=O)OC(C)(C)C)CC1. The Morgan fingerprint density at radius 3 is 2.38 bits per heavy atom. The fourth-order valence-electron chi connectivity index (χ4n) is 2.30. The van der Waals surface area contributed by atoms with Crippen LogP contribution in [0.25, 0.3) is 0 Å². The van der Waals surface area contributed by atoms with Gasteiger partial charge in [0, 0.05) is 30.8 Å². The number of rotatable bonds is 4. The number of likely N-dealkylation sites (tertiary alicyclic amines) is 1. The van der Waals surface area contributed by atoms with Crippen LogP contribution in [0, 0.1) is 5.92 Å². The monoisotopic (exact) mass is 316 g/mol. The Labute approximate surface area is 132 Å². The van der Waals surface area contributed by atoms with Crippen LogP contribution in [0.1, 0.15) is 40.5 Å². The molecule has 1 rings (SSSR count). The van der Waals surface area contributed by atoms with Gasteiger partial charge in [-0.15, -0.1) is 0 Å². The first-order valence-electron chi connectivity index (χ1n) is 7.50. The second-order valence-electron chi connectivity index (χ2n) is 6.61. The van der Waals surface area contributed by atoms with Gasteiger partial charge < -0.3 is 15.0 Å². The summed E-state index contributed by atoms with van der Waals surface area (Å²) < 4.78 is 5.35. The number of nitrogens with zero attached hydrogens (tertiary/aromatic N) is 1. The van der Waals surface area contributed by atoms with Crippen LogP contribution in [0.2, 0.25) is 0 Å². The van der Waals surface area contributed by atoms with Crippen molar-refractivity contribution in [2.75, 3.05) is 25.1 Å². The smallest absolute Gasteiger partial charge is 0.410 e. The molecule has 2 amide bonds. The maximum Gasteiger partial charge on any atom is 0.410 e. The second-order valence-corrected chi connectivity index (χ2v) is 7.52. The Morgan fingerprint density at radius 2 is 1.90 bits per heavy atom. The number of ether oxygens (including phenoxy) is 1. The number of piperidine rings is 1. The molecule has 0 bridgehead atoms. The van der Waals surface area contributed by atoms with Gasteiger partial charge in [0.25, 0.3) is 0 Å². The van der Waals surface area contributed by atoms with E-state index in [1.807, 2.05) is 34.0 Å². The van der Waals surface area contributed by atoms with Crippen molar-refractivity contribution in [2.24, 2.45) is 5.92 Å².